The van der Waals surface area contributed by atoms with Crippen molar-refractivity contribution in [1.82, 2.24) is 98.4 Å². The Bertz CT molecular complexity index is 5080. The monoisotopic (exact) mass is 1690 g/mol. The van der Waals surface area contributed by atoms with E-state index in [-0.39, 0.29) is 117 Å². The number of primary amides is 1. The van der Waals surface area contributed by atoms with Crippen LogP contribution in [-0.2, 0) is 82.0 Å². The smallest absolute Gasteiger partial charge is 0.330 e. The predicted molar refractivity (Wildman–Crippen MR) is 436 cm³/mol. The Hall–Kier alpha value is -13.7. The number of ether oxygens (including phenoxy) is 2. The number of rotatable bonds is 37. The van der Waals surface area contributed by atoms with Crippen LogP contribution >= 0.6 is 0 Å². The molecule has 3 aromatic carbocycles. The number of phenols is 1. The lowest BCUT2D eigenvalue weighted by Gasteiger charge is -2.31. The minimum absolute atomic E-state index is 0.00453. The zero-order valence-electron chi connectivity index (χ0n) is 67.4. The van der Waals surface area contributed by atoms with E-state index >= 15 is 0 Å². The molecule has 0 bridgehead atoms. The van der Waals surface area contributed by atoms with E-state index in [0.717, 1.165) is 0 Å². The molecule has 2 aliphatic rings. The molecule has 0 unspecified atom stereocenters. The summed E-state index contributed by atoms with van der Waals surface area (Å²) in [5.74, 6) is -8.15. The Morgan fingerprint density at radius 3 is 2.01 bits per heavy atom. The molecule has 0 saturated carbocycles. The van der Waals surface area contributed by atoms with Crippen molar-refractivity contribution in [3.05, 3.63) is 145 Å². The van der Waals surface area contributed by atoms with Gasteiger partial charge in [-0.2, -0.15) is 0 Å². The normalized spacial score (nSPS) is 15.5. The summed E-state index contributed by atoms with van der Waals surface area (Å²) in [4.78, 5) is 179. The Kier molecular flexibility index (Phi) is 32.1. The molecule has 43 heteroatoms. The number of para-hydroxylation sites is 1. The van der Waals surface area contributed by atoms with Gasteiger partial charge >= 0.3 is 6.03 Å². The molecule has 646 valence electrons. The number of carbonyl (C=O) groups excluding carboxylic acids is 11. The van der Waals surface area contributed by atoms with Gasteiger partial charge in [-0.25, -0.2) is 33.6 Å². The number of aryl methyl sites for hydroxylation is 1. The van der Waals surface area contributed by atoms with Gasteiger partial charge in [0.1, 0.15) is 65.0 Å². The number of nitrogens with zero attached hydrogens (tertiary/aromatic N) is 8. The summed E-state index contributed by atoms with van der Waals surface area (Å²) in [6.07, 6.45) is 9.11. The summed E-state index contributed by atoms with van der Waals surface area (Å²) >= 11 is 0. The Morgan fingerprint density at radius 2 is 1.37 bits per heavy atom. The molecule has 2 fully saturated rings. The summed E-state index contributed by atoms with van der Waals surface area (Å²) in [6, 6.07) is 9.24. The van der Waals surface area contributed by atoms with E-state index in [2.05, 4.69) is 97.8 Å². The molecule has 42 nitrogen and oxygen atoms in total. The first-order valence-corrected chi connectivity index (χ1v) is 40.0. The van der Waals surface area contributed by atoms with Crippen molar-refractivity contribution in [2.45, 2.75) is 171 Å². The second-order valence-electron chi connectivity index (χ2n) is 29.8. The minimum Gasteiger partial charge on any atom is -0.508 e. The van der Waals surface area contributed by atoms with Crippen molar-refractivity contribution in [1.29, 1.82) is 0 Å². The number of imidazole rings is 1. The number of pyridine rings is 1. The van der Waals surface area contributed by atoms with Crippen LogP contribution in [-0.4, -0.2) is 228 Å². The van der Waals surface area contributed by atoms with Crippen molar-refractivity contribution >= 4 is 97.8 Å². The van der Waals surface area contributed by atoms with Gasteiger partial charge in [-0.15, -0.1) is 10.2 Å². The highest BCUT2D eigenvalue weighted by atomic mass is 32.2. The fourth-order valence-corrected chi connectivity index (χ4v) is 14.2. The van der Waals surface area contributed by atoms with Crippen LogP contribution in [0, 0.1) is 12.8 Å². The number of hydrogen-bond acceptors (Lipinski definition) is 25. The van der Waals surface area contributed by atoms with Crippen molar-refractivity contribution < 1.29 is 85.3 Å². The largest absolute Gasteiger partial charge is 0.508 e. The number of hydrazine groups is 1. The highest BCUT2D eigenvalue weighted by Crippen LogP contribution is 2.31. The number of benzene rings is 3. The third-order valence-corrected chi connectivity index (χ3v) is 20.3. The van der Waals surface area contributed by atoms with Gasteiger partial charge in [-0.1, -0.05) is 56.3 Å². The topological polar surface area (TPSA) is 629 Å². The maximum Gasteiger partial charge on any atom is 0.330 e. The number of anilines is 1. The first kappa shape index (κ1) is 91.2. The van der Waals surface area contributed by atoms with E-state index in [1.54, 1.807) is 102 Å². The maximum absolute atomic E-state index is 14.8. The van der Waals surface area contributed by atoms with Crippen LogP contribution in [0.4, 0.5) is 10.6 Å². The lowest BCUT2D eigenvalue weighted by molar-refractivity contribution is -0.142. The van der Waals surface area contributed by atoms with Crippen LogP contribution in [0.15, 0.2) is 137 Å². The van der Waals surface area contributed by atoms with Crippen molar-refractivity contribution in [2.24, 2.45) is 28.1 Å². The van der Waals surface area contributed by atoms with Gasteiger partial charge in [0.05, 0.1) is 49.8 Å². The molecule has 21 N–H and O–H groups in total. The van der Waals surface area contributed by atoms with Crippen LogP contribution in [0.1, 0.15) is 102 Å². The van der Waals surface area contributed by atoms with Gasteiger partial charge < -0.3 is 98.7 Å². The number of nitrogens with one attached hydrogen (secondary N) is 13. The zero-order valence-corrected chi connectivity index (χ0v) is 68.2. The fourth-order valence-electron chi connectivity index (χ4n) is 13.0. The number of nitrogens with two attached hydrogens (primary N) is 3. The number of likely N-dealkylation sites (tertiary alicyclic amines) is 1. The lowest BCUT2D eigenvalue weighted by atomic mass is 10.0. The van der Waals surface area contributed by atoms with Gasteiger partial charge in [0.2, 0.25) is 71.3 Å². The number of aromatic hydroxyl groups is 1. The molecule has 2 aliphatic heterocycles. The molecule has 5 aromatic heterocycles. The van der Waals surface area contributed by atoms with E-state index < -0.39 is 142 Å². The first-order chi connectivity index (χ1) is 57.6. The Labute approximate surface area is 694 Å². The van der Waals surface area contributed by atoms with Crippen molar-refractivity contribution in [3.63, 3.8) is 0 Å². The quantitative estimate of drug-likeness (QED) is 0.0102. The lowest BCUT2D eigenvalue weighted by Crippen LogP contribution is -2.62. The number of sulfonamides is 1. The molecular weight excluding hydrogens is 1590 g/mol. The summed E-state index contributed by atoms with van der Waals surface area (Å²) in [7, 11) is -2.64. The fraction of sp³-hybridized carbons (Fsp3) is 0.410. The van der Waals surface area contributed by atoms with Crippen LogP contribution in [0.5, 0.6) is 11.6 Å². The van der Waals surface area contributed by atoms with Crippen molar-refractivity contribution in [2.75, 3.05) is 38.1 Å². The number of phenolic OH excluding ortho intramolecular Hbond substituents is 1. The number of aliphatic hydroxyl groups excluding tert-OH is 1. The molecule has 0 radical (unpaired) electrons. The summed E-state index contributed by atoms with van der Waals surface area (Å²) in [5.41, 5.74) is 23.7. The number of aliphatic imine (C=N–C) groups is 1. The zero-order chi connectivity index (χ0) is 87.7. The van der Waals surface area contributed by atoms with E-state index in [9.17, 15) is 71.4 Å². The van der Waals surface area contributed by atoms with E-state index in [0.29, 0.717) is 56.9 Å². The third kappa shape index (κ3) is 26.6. The molecule has 10 rings (SSSR count). The van der Waals surface area contributed by atoms with Gasteiger partial charge in [0, 0.05) is 85.1 Å². The second kappa shape index (κ2) is 42.6. The van der Waals surface area contributed by atoms with Gasteiger partial charge in [0.25, 0.3) is 21.8 Å². The standard InChI is InChI=1S/C59H84N18O14.C19H16N6O4S/c1-31(2)22-40(49(82)68-39(12-8-20-64-57(60)61)56(89)77-21-9-13-46(77)55(88)75-76-58(62)90)69-54(87)45(29-91-59(3,4)5)74-50(83)41(23-32-14-16-35(79)17-15-32)70-53(86)44(28-78)73-51(84)42(24-33-26-65-37-11-7-6-10-36(33)37)71-52(85)43(25-34-27-63-30-66-34)72-48(81)38-18-19-47(80)67-38;1-12-10-21-17(19(23-12)28-2)25-30(26,27)15-4-3-9-20-16(15)13-5-7-14(8-6-13)18-24-22-11-29-18/h6-7,10-11,14-17,26-27,30-31,38-46,65,78-79H,8-9,12-13,18-25,28-29H2,1-5H3,(H,63,66)(H,67,80)(H,68,82)(H,69,87)(H,70,86)(H,71,85)(H,72,81)(H,73,84)(H,74,83)(H,75,88)(H4,60,61,64)(H3,62,76,90);3-11H,1-2H3,(H,21,25)/t38-,39-,40-,41-,42-,43-,44-,45+,46-;/m0./s1. The molecule has 9 atom stereocenters. The Balaban J connectivity index is 0.000000460. The number of H-pyrrole nitrogens is 2. The van der Waals surface area contributed by atoms with Crippen molar-refractivity contribution in [3.8, 4) is 34.3 Å². The number of aromatic nitrogens is 8. The number of guanidine groups is 1. The van der Waals surface area contributed by atoms with Gasteiger partial charge in [-0.3, -0.25) is 68.1 Å². The number of urea groups is 1. The number of aromatic amines is 2. The highest BCUT2D eigenvalue weighted by Gasteiger charge is 2.41. The van der Waals surface area contributed by atoms with E-state index in [1.165, 1.54) is 73.7 Å². The molecule has 121 heavy (non-hydrogen) atoms. The molecule has 12 amide bonds. The first-order valence-electron chi connectivity index (χ1n) is 38.6. The van der Waals surface area contributed by atoms with Crippen LogP contribution in [0.25, 0.3) is 33.6 Å². The van der Waals surface area contributed by atoms with Crippen LogP contribution < -0.4 is 80.0 Å². The van der Waals surface area contributed by atoms with E-state index in [1.807, 2.05) is 5.43 Å². The number of fused-ring (bicyclic) bond motifs is 1. The van der Waals surface area contributed by atoms with Crippen LogP contribution in [0.3, 0.4) is 0 Å². The average Bonchev–Trinajstić information content (AvgIpc) is 1.10. The SMILES string of the molecule is CC(C)C[C@H](NC(=O)[C@@H](COC(C)(C)C)NC(=O)[C@H](Cc1ccc(O)cc1)NC(=O)[C@H](CO)NC(=O)[C@H](Cc1c[nH]c2ccccc12)NC(=O)[C@H](Cc1cnc[nH]1)NC(=O)[C@@H]1CCC(=O)N1)C(=O)N[C@@H](CCCN=C(N)N)C(=O)N1CCC[C@H]1C(=O)NNC(N)=O.COc1nc(C)cnc1NS(=O)(=O)c1cccnc1-c1ccc(-c2nnco2)cc1. The van der Waals surface area contributed by atoms with Gasteiger partial charge in [-0.05, 0) is 126 Å². The maximum atomic E-state index is 14.8. The number of carbonyl (C=O) groups is 11. The summed E-state index contributed by atoms with van der Waals surface area (Å²) < 4.78 is 44.9. The number of hydrogen-bond donors (Lipinski definition) is 18. The molecule has 0 spiro atoms. The third-order valence-electron chi connectivity index (χ3n) is 19.0. The predicted octanol–water partition coefficient (Wildman–Crippen LogP) is -0.399. The number of methoxy groups -OCH3 is 1. The molecule has 2 saturated heterocycles. The molecular formula is C78H100N24O18S. The van der Waals surface area contributed by atoms with Gasteiger partial charge in [0.15, 0.2) is 5.96 Å². The molecule has 7 heterocycles. The highest BCUT2D eigenvalue weighted by molar-refractivity contribution is 7.92. The number of aliphatic hydroxyl groups is 1. The minimum atomic E-state index is -4.03. The average molecular weight is 1690 g/mol. The molecule has 8 aromatic rings. The number of amides is 12. The Morgan fingerprint density at radius 1 is 0.727 bits per heavy atom. The summed E-state index contributed by atoms with van der Waals surface area (Å²) in [6.45, 7) is 9.01. The molecule has 0 aliphatic carbocycles. The van der Waals surface area contributed by atoms with E-state index in [4.69, 9.17) is 31.1 Å². The second-order valence-corrected chi connectivity index (χ2v) is 31.5. The van der Waals surface area contributed by atoms with Crippen LogP contribution in [0.2, 0.25) is 0 Å². The summed E-state index contributed by atoms with van der Waals surface area (Å²) in [5, 5.41) is 50.3.